The molecule has 2 rings (SSSR count). The Bertz CT molecular complexity index is 704. The Morgan fingerprint density at radius 2 is 2.18 bits per heavy atom. The van der Waals surface area contributed by atoms with Crippen LogP contribution < -0.4 is 10.6 Å². The molecule has 0 fully saturated rings. The number of anilines is 1. The fourth-order valence-electron chi connectivity index (χ4n) is 1.70. The van der Waals surface area contributed by atoms with Crippen LogP contribution in [0.3, 0.4) is 0 Å². The second kappa shape index (κ2) is 6.21. The summed E-state index contributed by atoms with van der Waals surface area (Å²) in [5.74, 6) is 0.247. The van der Waals surface area contributed by atoms with E-state index in [4.69, 9.17) is 5.73 Å². The molecule has 0 radical (unpaired) electrons. The first-order chi connectivity index (χ1) is 10.2. The van der Waals surface area contributed by atoms with Crippen LogP contribution in [0, 0.1) is 0 Å². The highest BCUT2D eigenvalue weighted by Gasteiger charge is 2.34. The molecule has 0 aromatic carbocycles. The first-order valence-electron chi connectivity index (χ1n) is 5.99. The standard InChI is InChI=1S/C12H10BrF3N4OS/c1-2-20(11(17)21)9-3-6(7(13)4-18-9)10-19-8(5-22-10)12(14,15)16/h3-5H,2H2,1H3,(H2,17,21). The van der Waals surface area contributed by atoms with Crippen LogP contribution in [0.5, 0.6) is 0 Å². The number of carbonyl (C=O) groups excluding carboxylic acids is 1. The third kappa shape index (κ3) is 3.38. The summed E-state index contributed by atoms with van der Waals surface area (Å²) >= 11 is 4.08. The minimum absolute atomic E-state index is 0.170. The Balaban J connectivity index is 2.47. The van der Waals surface area contributed by atoms with Crippen LogP contribution >= 0.6 is 27.3 Å². The van der Waals surface area contributed by atoms with E-state index in [1.54, 1.807) is 6.92 Å². The molecule has 2 aromatic heterocycles. The first kappa shape index (κ1) is 16.7. The number of rotatable bonds is 3. The molecule has 2 aromatic rings. The van der Waals surface area contributed by atoms with Crippen molar-refractivity contribution in [3.63, 3.8) is 0 Å². The lowest BCUT2D eigenvalue weighted by Crippen LogP contribution is -2.36. The first-order valence-corrected chi connectivity index (χ1v) is 7.67. The zero-order valence-corrected chi connectivity index (χ0v) is 13.6. The normalized spacial score (nSPS) is 11.5. The summed E-state index contributed by atoms with van der Waals surface area (Å²) in [6.07, 6.45) is -3.11. The van der Waals surface area contributed by atoms with Gasteiger partial charge in [0.2, 0.25) is 0 Å². The number of urea groups is 1. The van der Waals surface area contributed by atoms with Crippen molar-refractivity contribution in [3.05, 3.63) is 27.8 Å². The number of pyridine rings is 1. The number of aromatic nitrogens is 2. The maximum Gasteiger partial charge on any atom is 0.434 e. The van der Waals surface area contributed by atoms with E-state index in [-0.39, 0.29) is 17.4 Å². The van der Waals surface area contributed by atoms with E-state index in [0.717, 1.165) is 16.7 Å². The number of amides is 2. The van der Waals surface area contributed by atoms with Gasteiger partial charge < -0.3 is 5.73 Å². The fourth-order valence-corrected chi connectivity index (χ4v) is 3.09. The van der Waals surface area contributed by atoms with E-state index < -0.39 is 17.9 Å². The Hall–Kier alpha value is -1.68. The van der Waals surface area contributed by atoms with Crippen LogP contribution in [-0.2, 0) is 6.18 Å². The Morgan fingerprint density at radius 3 is 2.68 bits per heavy atom. The van der Waals surface area contributed by atoms with E-state index in [0.29, 0.717) is 10.0 Å². The highest BCUT2D eigenvalue weighted by Crippen LogP contribution is 2.37. The van der Waals surface area contributed by atoms with Gasteiger partial charge in [-0.05, 0) is 28.9 Å². The largest absolute Gasteiger partial charge is 0.434 e. The minimum Gasteiger partial charge on any atom is -0.351 e. The molecular weight excluding hydrogens is 385 g/mol. The highest BCUT2D eigenvalue weighted by molar-refractivity contribution is 9.10. The molecule has 0 saturated carbocycles. The molecule has 118 valence electrons. The summed E-state index contributed by atoms with van der Waals surface area (Å²) < 4.78 is 38.4. The van der Waals surface area contributed by atoms with Crippen molar-refractivity contribution in [1.29, 1.82) is 0 Å². The van der Waals surface area contributed by atoms with Gasteiger partial charge in [-0.2, -0.15) is 13.2 Å². The van der Waals surface area contributed by atoms with Crippen LogP contribution in [-0.4, -0.2) is 22.5 Å². The van der Waals surface area contributed by atoms with E-state index in [1.165, 1.54) is 17.2 Å². The average Bonchev–Trinajstić information content (AvgIpc) is 2.90. The molecule has 22 heavy (non-hydrogen) atoms. The minimum atomic E-state index is -4.50. The number of carbonyl (C=O) groups is 1. The highest BCUT2D eigenvalue weighted by atomic mass is 79.9. The van der Waals surface area contributed by atoms with Crippen molar-refractivity contribution in [2.75, 3.05) is 11.4 Å². The molecule has 10 heteroatoms. The van der Waals surface area contributed by atoms with E-state index in [2.05, 4.69) is 25.9 Å². The van der Waals surface area contributed by atoms with Gasteiger partial charge in [-0.15, -0.1) is 11.3 Å². The number of primary amides is 1. The predicted molar refractivity (Wildman–Crippen MR) is 80.7 cm³/mol. The Labute approximate surface area is 136 Å². The van der Waals surface area contributed by atoms with Crippen LogP contribution in [0.4, 0.5) is 23.8 Å². The lowest BCUT2D eigenvalue weighted by atomic mass is 10.2. The molecule has 0 atom stereocenters. The second-order valence-electron chi connectivity index (χ2n) is 4.14. The Morgan fingerprint density at radius 1 is 1.50 bits per heavy atom. The van der Waals surface area contributed by atoms with Crippen molar-refractivity contribution in [2.24, 2.45) is 5.73 Å². The number of hydrogen-bond acceptors (Lipinski definition) is 4. The van der Waals surface area contributed by atoms with Gasteiger partial charge in [0, 0.05) is 28.2 Å². The van der Waals surface area contributed by atoms with Crippen molar-refractivity contribution < 1.29 is 18.0 Å². The fraction of sp³-hybridized carbons (Fsp3) is 0.250. The molecule has 2 heterocycles. The molecule has 2 N–H and O–H groups in total. The van der Waals surface area contributed by atoms with E-state index in [1.807, 2.05) is 0 Å². The molecule has 0 bridgehead atoms. The van der Waals surface area contributed by atoms with Crippen LogP contribution in [0.15, 0.2) is 22.1 Å². The van der Waals surface area contributed by atoms with E-state index >= 15 is 0 Å². The maximum atomic E-state index is 12.6. The lowest BCUT2D eigenvalue weighted by Gasteiger charge is -2.17. The number of alkyl halides is 3. The van der Waals surface area contributed by atoms with Gasteiger partial charge in [0.15, 0.2) is 5.69 Å². The van der Waals surface area contributed by atoms with Crippen molar-refractivity contribution in [2.45, 2.75) is 13.1 Å². The number of halogens is 4. The monoisotopic (exact) mass is 394 g/mol. The molecule has 0 spiro atoms. The molecule has 0 aliphatic heterocycles. The van der Waals surface area contributed by atoms with Gasteiger partial charge in [0.1, 0.15) is 10.8 Å². The summed E-state index contributed by atoms with van der Waals surface area (Å²) in [7, 11) is 0. The van der Waals surface area contributed by atoms with Crippen molar-refractivity contribution in [1.82, 2.24) is 9.97 Å². The maximum absolute atomic E-state index is 12.6. The zero-order valence-electron chi connectivity index (χ0n) is 11.2. The molecule has 0 saturated heterocycles. The summed E-state index contributed by atoms with van der Waals surface area (Å²) in [5.41, 5.74) is 4.69. The van der Waals surface area contributed by atoms with Crippen LogP contribution in [0.25, 0.3) is 10.6 Å². The third-order valence-electron chi connectivity index (χ3n) is 2.72. The quantitative estimate of drug-likeness (QED) is 0.857. The van der Waals surface area contributed by atoms with Gasteiger partial charge >= 0.3 is 12.2 Å². The zero-order chi connectivity index (χ0) is 16.5. The van der Waals surface area contributed by atoms with Crippen molar-refractivity contribution >= 4 is 39.1 Å². The number of nitrogens with zero attached hydrogens (tertiary/aromatic N) is 3. The molecule has 0 aliphatic carbocycles. The molecule has 5 nitrogen and oxygen atoms in total. The van der Waals surface area contributed by atoms with Crippen LogP contribution in [0.1, 0.15) is 12.6 Å². The summed E-state index contributed by atoms with van der Waals surface area (Å²) in [4.78, 5) is 20.2. The SMILES string of the molecule is CCN(C(N)=O)c1cc(-c2nc(C(F)(F)F)cs2)c(Br)cn1. The molecule has 0 unspecified atom stereocenters. The third-order valence-corrected chi connectivity index (χ3v) is 4.23. The molecular formula is C12H10BrF3N4OS. The average molecular weight is 395 g/mol. The van der Waals surface area contributed by atoms with Gasteiger partial charge in [0.05, 0.1) is 0 Å². The smallest absolute Gasteiger partial charge is 0.351 e. The summed E-state index contributed by atoms with van der Waals surface area (Å²) in [6, 6.07) is 0.774. The van der Waals surface area contributed by atoms with Gasteiger partial charge in [-0.3, -0.25) is 4.90 Å². The molecule has 2 amide bonds. The number of nitrogens with two attached hydrogens (primary N) is 1. The topological polar surface area (TPSA) is 72.1 Å². The van der Waals surface area contributed by atoms with Gasteiger partial charge in [0.25, 0.3) is 0 Å². The molecule has 0 aliphatic rings. The Kier molecular flexibility index (Phi) is 4.71. The summed E-state index contributed by atoms with van der Waals surface area (Å²) in [6.45, 7) is 1.99. The van der Waals surface area contributed by atoms with E-state index in [9.17, 15) is 18.0 Å². The van der Waals surface area contributed by atoms with Gasteiger partial charge in [-0.1, -0.05) is 0 Å². The van der Waals surface area contributed by atoms with Gasteiger partial charge in [-0.25, -0.2) is 14.8 Å². The predicted octanol–water partition coefficient (Wildman–Crippen LogP) is 3.89. The second-order valence-corrected chi connectivity index (χ2v) is 5.85. The summed E-state index contributed by atoms with van der Waals surface area (Å²) in [5, 5.41) is 1.11. The lowest BCUT2D eigenvalue weighted by molar-refractivity contribution is -0.140. The van der Waals surface area contributed by atoms with Crippen LogP contribution in [0.2, 0.25) is 0 Å². The van der Waals surface area contributed by atoms with Crippen molar-refractivity contribution in [3.8, 4) is 10.6 Å². The number of hydrogen-bond donors (Lipinski definition) is 1. The number of thiazole rings is 1.